The molecule has 5 nitrogen and oxygen atoms in total. The number of hydrogen-bond acceptors (Lipinski definition) is 5. The fourth-order valence-corrected chi connectivity index (χ4v) is 5.53. The van der Waals surface area contributed by atoms with Crippen LogP contribution in [-0.2, 0) is 6.54 Å². The quantitative estimate of drug-likeness (QED) is 0.481. The highest BCUT2D eigenvalue weighted by Crippen LogP contribution is 2.46. The third kappa shape index (κ3) is 4.86. The predicted molar refractivity (Wildman–Crippen MR) is 130 cm³/mol. The van der Waals surface area contributed by atoms with Crippen molar-refractivity contribution in [2.45, 2.75) is 25.3 Å². The number of anilines is 1. The molecule has 0 bridgehead atoms. The van der Waals surface area contributed by atoms with Gasteiger partial charge in [-0.05, 0) is 44.2 Å². The Morgan fingerprint density at radius 1 is 1.23 bits per heavy atom. The van der Waals surface area contributed by atoms with E-state index in [9.17, 15) is 4.79 Å². The molecule has 0 N–H and O–H groups in total. The Labute approximate surface area is 194 Å². The number of aromatic nitrogens is 1. The molecule has 0 saturated carbocycles. The number of benzene rings is 1. The van der Waals surface area contributed by atoms with Crippen LogP contribution in [0.3, 0.4) is 0 Å². The second kappa shape index (κ2) is 10.4. The average molecular weight is 467 g/mol. The second-order valence-electron chi connectivity index (χ2n) is 6.29. The van der Waals surface area contributed by atoms with Gasteiger partial charge in [0.1, 0.15) is 4.66 Å². The third-order valence-corrected chi connectivity index (χ3v) is 6.96. The number of nitrogens with zero attached hydrogens (tertiary/aromatic N) is 4. The van der Waals surface area contributed by atoms with Crippen LogP contribution < -0.4 is 19.7 Å². The van der Waals surface area contributed by atoms with Crippen LogP contribution in [0.2, 0.25) is 5.02 Å². The predicted octanol–water partition coefficient (Wildman–Crippen LogP) is 4.50. The third-order valence-electron chi connectivity index (χ3n) is 4.47. The Bertz CT molecular complexity index is 1330. The van der Waals surface area contributed by atoms with Gasteiger partial charge in [-0.25, -0.2) is 10.1 Å². The molecule has 0 saturated heterocycles. The lowest BCUT2D eigenvalue weighted by Gasteiger charge is -2.17. The number of nitriles is 1. The Kier molecular flexibility index (Phi) is 7.59. The minimum atomic E-state index is -0.188. The molecule has 0 atom stereocenters. The zero-order valence-corrected chi connectivity index (χ0v) is 19.4. The largest absolute Gasteiger partial charge is 0.335 e. The lowest BCUT2D eigenvalue weighted by atomic mass is 10.3. The molecule has 1 aliphatic rings. The molecule has 3 rings (SSSR count). The van der Waals surface area contributed by atoms with Gasteiger partial charge in [0, 0.05) is 23.0 Å². The molecule has 8 heteroatoms. The highest BCUT2D eigenvalue weighted by Gasteiger charge is 2.23. The molecule has 156 valence electrons. The van der Waals surface area contributed by atoms with Crippen LogP contribution in [0.1, 0.15) is 13.8 Å². The van der Waals surface area contributed by atoms with E-state index in [2.05, 4.69) is 16.7 Å². The van der Waals surface area contributed by atoms with E-state index in [1.54, 1.807) is 23.9 Å². The van der Waals surface area contributed by atoms with E-state index in [0.717, 1.165) is 38.5 Å². The summed E-state index contributed by atoms with van der Waals surface area (Å²) in [4.78, 5) is 19.1. The van der Waals surface area contributed by atoms with Gasteiger partial charge in [0.2, 0.25) is 0 Å². The highest BCUT2D eigenvalue weighted by molar-refractivity contribution is 8.03. The maximum Gasteiger partial charge on any atom is 0.294 e. The minimum absolute atomic E-state index is 0.0593. The van der Waals surface area contributed by atoms with E-state index >= 15 is 0 Å². The Hall–Kier alpha value is -2.97. The number of allylic oxidation sites excluding steroid dienone is 5. The summed E-state index contributed by atoms with van der Waals surface area (Å²) in [5, 5.41) is 11.0. The van der Waals surface area contributed by atoms with E-state index in [0.29, 0.717) is 15.7 Å². The molecule has 0 unspecified atom stereocenters. The molecular formula is C23H19ClN4OS2. The molecule has 0 amide bonds. The SMILES string of the molecule is [C-]#[N+]/C(C#N)=c1\s\c(=C/C=C/C=C/C=C2\Sc3cc(Cl)ccc3N2CC)c(=O)n1CC. The van der Waals surface area contributed by atoms with Gasteiger partial charge in [-0.1, -0.05) is 47.7 Å². The number of fused-ring (bicyclic) bond motifs is 1. The van der Waals surface area contributed by atoms with Crippen molar-refractivity contribution in [3.63, 3.8) is 0 Å². The van der Waals surface area contributed by atoms with E-state index in [1.807, 2.05) is 55.5 Å². The summed E-state index contributed by atoms with van der Waals surface area (Å²) < 4.78 is 2.36. The van der Waals surface area contributed by atoms with Crippen molar-refractivity contribution in [1.29, 1.82) is 5.26 Å². The number of thioether (sulfide) groups is 1. The van der Waals surface area contributed by atoms with Gasteiger partial charge in [-0.2, -0.15) is 0 Å². The monoisotopic (exact) mass is 466 g/mol. The number of hydrogen-bond donors (Lipinski definition) is 0. The summed E-state index contributed by atoms with van der Waals surface area (Å²) in [6, 6.07) is 7.78. The molecule has 1 aromatic carbocycles. The van der Waals surface area contributed by atoms with Crippen LogP contribution >= 0.6 is 34.7 Å². The normalized spacial score (nSPS) is 16.2. The number of halogens is 1. The summed E-state index contributed by atoms with van der Waals surface area (Å²) >= 11 is 8.95. The van der Waals surface area contributed by atoms with Crippen molar-refractivity contribution in [2.75, 3.05) is 11.4 Å². The first-order valence-electron chi connectivity index (χ1n) is 9.55. The van der Waals surface area contributed by atoms with E-state index in [4.69, 9.17) is 23.4 Å². The van der Waals surface area contributed by atoms with Gasteiger partial charge >= 0.3 is 0 Å². The summed E-state index contributed by atoms with van der Waals surface area (Å²) in [5.41, 5.74) is 0.914. The maximum atomic E-state index is 12.5. The Morgan fingerprint density at radius 3 is 2.61 bits per heavy atom. The van der Waals surface area contributed by atoms with Gasteiger partial charge < -0.3 is 9.47 Å². The van der Waals surface area contributed by atoms with Crippen LogP contribution in [0.25, 0.3) is 16.6 Å². The molecule has 1 aliphatic heterocycles. The molecule has 2 aromatic rings. The van der Waals surface area contributed by atoms with Gasteiger partial charge in [-0.15, -0.1) is 11.3 Å². The smallest absolute Gasteiger partial charge is 0.294 e. The molecule has 0 fully saturated rings. The van der Waals surface area contributed by atoms with Crippen molar-refractivity contribution < 1.29 is 0 Å². The zero-order chi connectivity index (χ0) is 22.4. The maximum absolute atomic E-state index is 12.5. The molecule has 0 radical (unpaired) electrons. The molecular weight excluding hydrogens is 448 g/mol. The average Bonchev–Trinajstić information content (AvgIpc) is 3.27. The summed E-state index contributed by atoms with van der Waals surface area (Å²) in [6.07, 6.45) is 11.2. The minimum Gasteiger partial charge on any atom is -0.335 e. The molecule has 2 heterocycles. The highest BCUT2D eigenvalue weighted by atomic mass is 35.5. The summed E-state index contributed by atoms with van der Waals surface area (Å²) in [5.74, 6) is 0. The van der Waals surface area contributed by atoms with Crippen molar-refractivity contribution in [3.05, 3.63) is 89.6 Å². The van der Waals surface area contributed by atoms with Crippen molar-refractivity contribution >= 4 is 52.2 Å². The molecule has 0 spiro atoms. The number of thiazole rings is 1. The van der Waals surface area contributed by atoms with Gasteiger partial charge in [0.15, 0.2) is 0 Å². The van der Waals surface area contributed by atoms with Crippen LogP contribution in [0.5, 0.6) is 0 Å². The topological polar surface area (TPSA) is 53.4 Å². The van der Waals surface area contributed by atoms with Crippen LogP contribution in [0, 0.1) is 17.9 Å². The summed E-state index contributed by atoms with van der Waals surface area (Å²) in [7, 11) is 0. The summed E-state index contributed by atoms with van der Waals surface area (Å²) in [6.45, 7) is 12.3. The Morgan fingerprint density at radius 2 is 1.97 bits per heavy atom. The lowest BCUT2D eigenvalue weighted by molar-refractivity contribution is 0.722. The van der Waals surface area contributed by atoms with E-state index in [-0.39, 0.29) is 11.3 Å². The molecule has 1 aromatic heterocycles. The second-order valence-corrected chi connectivity index (χ2v) is 8.82. The van der Waals surface area contributed by atoms with Crippen molar-refractivity contribution in [3.8, 4) is 6.07 Å². The van der Waals surface area contributed by atoms with E-state index < -0.39 is 0 Å². The van der Waals surface area contributed by atoms with Gasteiger partial charge in [-0.3, -0.25) is 4.79 Å². The van der Waals surface area contributed by atoms with Gasteiger partial charge in [0.25, 0.3) is 11.3 Å². The first kappa shape index (κ1) is 22.7. The van der Waals surface area contributed by atoms with Crippen molar-refractivity contribution in [1.82, 2.24) is 4.57 Å². The molecule has 0 aliphatic carbocycles. The van der Waals surface area contributed by atoms with Crippen LogP contribution in [0.4, 0.5) is 5.69 Å². The fraction of sp³-hybridized carbons (Fsp3) is 0.174. The fourth-order valence-electron chi connectivity index (χ4n) is 3.06. The number of rotatable bonds is 5. The molecule has 31 heavy (non-hydrogen) atoms. The Balaban J connectivity index is 1.80. The van der Waals surface area contributed by atoms with E-state index in [1.165, 1.54) is 4.57 Å². The first-order valence-corrected chi connectivity index (χ1v) is 11.6. The van der Waals surface area contributed by atoms with Crippen molar-refractivity contribution in [2.24, 2.45) is 0 Å². The van der Waals surface area contributed by atoms with Gasteiger partial charge in [0.05, 0.1) is 27.9 Å². The first-order chi connectivity index (χ1) is 15.0. The lowest BCUT2D eigenvalue weighted by Crippen LogP contribution is -2.31. The standard InChI is InChI=1S/C23H19ClN4OS2/c1-4-27-18-13-12-16(24)14-20(18)30-21(27)11-9-7-6-8-10-19-22(29)28(5-2)23(31-19)17(15-25)26-3/h6-14H,4-5H2,1-2H3/b8-6+,9-7+,19-10-,21-11-,23-17-. The zero-order valence-electron chi connectivity index (χ0n) is 17.0. The van der Waals surface area contributed by atoms with Crippen LogP contribution in [0.15, 0.2) is 63.3 Å². The van der Waals surface area contributed by atoms with Crippen LogP contribution in [-0.4, -0.2) is 11.1 Å².